The highest BCUT2D eigenvalue weighted by Gasteiger charge is 2.05. The minimum atomic E-state index is -0.325. The van der Waals surface area contributed by atoms with Crippen LogP contribution < -0.4 is 5.56 Å². The Balaban J connectivity index is 1.70. The largest absolute Gasteiger partial charge is 0.462 e. The number of carbonyl (C=O) groups is 1. The molecule has 5 nitrogen and oxygen atoms in total. The first-order chi connectivity index (χ1) is 12.6. The first-order valence-electron chi connectivity index (χ1n) is 8.68. The summed E-state index contributed by atoms with van der Waals surface area (Å²) in [6.45, 7) is 5.63. The van der Waals surface area contributed by atoms with Crippen LogP contribution in [0.2, 0.25) is 0 Å². The summed E-state index contributed by atoms with van der Waals surface area (Å²) in [7, 11) is 0. The van der Waals surface area contributed by atoms with Crippen molar-refractivity contribution >= 4 is 17.7 Å². The van der Waals surface area contributed by atoms with Gasteiger partial charge in [0.25, 0.3) is 5.56 Å². The standard InChI is InChI=1S/C20H24N2O3S/c1-15(2)19(24)25-12-8-3-4-9-13-26-20-21-17(14-18(23)22-20)16-10-6-5-7-11-16/h5-7,10-11,14H,1,3-4,8-9,12-13H2,2H3,(H,21,22,23). The van der Waals surface area contributed by atoms with E-state index in [2.05, 4.69) is 16.5 Å². The highest BCUT2D eigenvalue weighted by Crippen LogP contribution is 2.19. The second kappa shape index (κ2) is 10.6. The molecular weight excluding hydrogens is 348 g/mol. The van der Waals surface area contributed by atoms with Crippen LogP contribution in [0.15, 0.2) is 58.5 Å². The van der Waals surface area contributed by atoms with Crippen molar-refractivity contribution in [1.82, 2.24) is 9.97 Å². The molecule has 1 N–H and O–H groups in total. The maximum Gasteiger partial charge on any atom is 0.333 e. The highest BCUT2D eigenvalue weighted by atomic mass is 32.2. The lowest BCUT2D eigenvalue weighted by molar-refractivity contribution is -0.139. The molecule has 1 aromatic carbocycles. The van der Waals surface area contributed by atoms with Crippen molar-refractivity contribution < 1.29 is 9.53 Å². The number of esters is 1. The summed E-state index contributed by atoms with van der Waals surface area (Å²) in [4.78, 5) is 30.4. The topological polar surface area (TPSA) is 72.0 Å². The van der Waals surface area contributed by atoms with Gasteiger partial charge in [0.05, 0.1) is 12.3 Å². The first-order valence-corrected chi connectivity index (χ1v) is 9.67. The van der Waals surface area contributed by atoms with Crippen LogP contribution in [0, 0.1) is 0 Å². The van der Waals surface area contributed by atoms with Crippen molar-refractivity contribution in [3.8, 4) is 11.3 Å². The lowest BCUT2D eigenvalue weighted by Gasteiger charge is -2.05. The van der Waals surface area contributed by atoms with E-state index < -0.39 is 0 Å². The summed E-state index contributed by atoms with van der Waals surface area (Å²) >= 11 is 1.55. The smallest absolute Gasteiger partial charge is 0.333 e. The van der Waals surface area contributed by atoms with Crippen molar-refractivity contribution in [2.75, 3.05) is 12.4 Å². The SMILES string of the molecule is C=C(C)C(=O)OCCCCCCSc1nc(-c2ccccc2)cc(=O)[nH]1. The number of H-pyrrole nitrogens is 1. The van der Waals surface area contributed by atoms with Gasteiger partial charge in [0.2, 0.25) is 0 Å². The number of unbranched alkanes of at least 4 members (excludes halogenated alkanes) is 3. The average molecular weight is 372 g/mol. The number of benzene rings is 1. The highest BCUT2D eigenvalue weighted by molar-refractivity contribution is 7.99. The van der Waals surface area contributed by atoms with Crippen LogP contribution in [0.3, 0.4) is 0 Å². The van der Waals surface area contributed by atoms with E-state index >= 15 is 0 Å². The monoisotopic (exact) mass is 372 g/mol. The van der Waals surface area contributed by atoms with Crippen LogP contribution in [-0.2, 0) is 9.53 Å². The Labute approximate surface area is 157 Å². The van der Waals surface area contributed by atoms with Gasteiger partial charge in [-0.25, -0.2) is 9.78 Å². The molecule has 0 unspecified atom stereocenters. The lowest BCUT2D eigenvalue weighted by atomic mass is 10.1. The van der Waals surface area contributed by atoms with Crippen LogP contribution in [0.1, 0.15) is 32.6 Å². The molecule has 0 aliphatic heterocycles. The number of nitrogens with zero attached hydrogens (tertiary/aromatic N) is 1. The zero-order valence-corrected chi connectivity index (χ0v) is 15.8. The molecule has 2 aromatic rings. The molecule has 1 aromatic heterocycles. The fourth-order valence-electron chi connectivity index (χ4n) is 2.28. The van der Waals surface area contributed by atoms with Crippen molar-refractivity contribution in [3.63, 3.8) is 0 Å². The first kappa shape index (κ1) is 20.0. The lowest BCUT2D eigenvalue weighted by Crippen LogP contribution is -2.08. The zero-order chi connectivity index (χ0) is 18.8. The molecule has 0 aliphatic rings. The van der Waals surface area contributed by atoms with Gasteiger partial charge in [0.1, 0.15) is 0 Å². The van der Waals surface area contributed by atoms with E-state index in [1.807, 2.05) is 30.3 Å². The maximum absolute atomic E-state index is 11.8. The molecule has 2 rings (SSSR count). The zero-order valence-electron chi connectivity index (χ0n) is 15.0. The minimum absolute atomic E-state index is 0.138. The van der Waals surface area contributed by atoms with Crippen molar-refractivity contribution in [1.29, 1.82) is 0 Å². The Morgan fingerprint density at radius 3 is 2.65 bits per heavy atom. The van der Waals surface area contributed by atoms with E-state index in [-0.39, 0.29) is 11.5 Å². The molecule has 0 bridgehead atoms. The van der Waals surface area contributed by atoms with E-state index in [0.717, 1.165) is 37.0 Å². The molecule has 1 heterocycles. The second-order valence-corrected chi connectivity index (χ2v) is 7.06. The summed E-state index contributed by atoms with van der Waals surface area (Å²) in [6, 6.07) is 11.2. The van der Waals surface area contributed by atoms with Gasteiger partial charge in [-0.3, -0.25) is 4.79 Å². The van der Waals surface area contributed by atoms with Gasteiger partial charge in [-0.05, 0) is 19.8 Å². The molecule has 0 amide bonds. The molecule has 0 spiro atoms. The van der Waals surface area contributed by atoms with Gasteiger partial charge in [-0.15, -0.1) is 0 Å². The predicted molar refractivity (Wildman–Crippen MR) is 105 cm³/mol. The number of carbonyl (C=O) groups excluding carboxylic acids is 1. The third kappa shape index (κ3) is 6.88. The predicted octanol–water partition coefficient (Wildman–Crippen LogP) is 4.21. The van der Waals surface area contributed by atoms with E-state index in [4.69, 9.17) is 4.74 Å². The van der Waals surface area contributed by atoms with E-state index in [1.54, 1.807) is 18.7 Å². The quantitative estimate of drug-likeness (QED) is 0.222. The number of aromatic amines is 1. The summed E-state index contributed by atoms with van der Waals surface area (Å²) in [6.07, 6.45) is 3.90. The van der Waals surface area contributed by atoms with Crippen LogP contribution in [-0.4, -0.2) is 28.3 Å². The van der Waals surface area contributed by atoms with Gasteiger partial charge in [0, 0.05) is 23.0 Å². The fourth-order valence-corrected chi connectivity index (χ4v) is 3.15. The summed E-state index contributed by atoms with van der Waals surface area (Å²) in [5.74, 6) is 0.557. The number of aromatic nitrogens is 2. The van der Waals surface area contributed by atoms with Crippen molar-refractivity contribution in [2.24, 2.45) is 0 Å². The Hall–Kier alpha value is -2.34. The number of nitrogens with one attached hydrogen (secondary N) is 1. The van der Waals surface area contributed by atoms with E-state index in [9.17, 15) is 9.59 Å². The Kier molecular flexibility index (Phi) is 8.15. The summed E-state index contributed by atoms with van der Waals surface area (Å²) < 4.78 is 5.05. The summed E-state index contributed by atoms with van der Waals surface area (Å²) in [5.41, 5.74) is 1.92. The third-order valence-corrected chi connectivity index (χ3v) is 4.61. The van der Waals surface area contributed by atoms with Gasteiger partial charge >= 0.3 is 5.97 Å². The van der Waals surface area contributed by atoms with Gasteiger partial charge in [-0.1, -0.05) is 61.5 Å². The fraction of sp³-hybridized carbons (Fsp3) is 0.350. The molecule has 26 heavy (non-hydrogen) atoms. The number of hydrogen-bond donors (Lipinski definition) is 1. The van der Waals surface area contributed by atoms with Crippen LogP contribution >= 0.6 is 11.8 Å². The molecule has 0 saturated carbocycles. The van der Waals surface area contributed by atoms with Gasteiger partial charge in [0.15, 0.2) is 5.16 Å². The average Bonchev–Trinajstić information content (AvgIpc) is 2.64. The van der Waals surface area contributed by atoms with Gasteiger partial charge < -0.3 is 9.72 Å². The van der Waals surface area contributed by atoms with Gasteiger partial charge in [-0.2, -0.15) is 0 Å². The third-order valence-electron chi connectivity index (χ3n) is 3.65. The van der Waals surface area contributed by atoms with E-state index in [1.165, 1.54) is 6.07 Å². The van der Waals surface area contributed by atoms with E-state index in [0.29, 0.717) is 23.0 Å². The molecule has 0 fully saturated rings. The van der Waals surface area contributed by atoms with Crippen LogP contribution in [0.4, 0.5) is 0 Å². The molecule has 138 valence electrons. The molecular formula is C20H24N2O3S. The Bertz CT molecular complexity index is 787. The van der Waals surface area contributed by atoms with Crippen molar-refractivity contribution in [3.05, 3.63) is 58.9 Å². The Morgan fingerprint density at radius 2 is 1.92 bits per heavy atom. The Morgan fingerprint density at radius 1 is 1.19 bits per heavy atom. The molecule has 0 radical (unpaired) electrons. The van der Waals surface area contributed by atoms with Crippen molar-refractivity contribution in [2.45, 2.75) is 37.8 Å². The van der Waals surface area contributed by atoms with Crippen LogP contribution in [0.25, 0.3) is 11.3 Å². The normalized spacial score (nSPS) is 10.5. The summed E-state index contributed by atoms with van der Waals surface area (Å²) in [5, 5.41) is 0.645. The number of ether oxygens (including phenoxy) is 1. The minimum Gasteiger partial charge on any atom is -0.462 e. The molecule has 0 atom stereocenters. The number of hydrogen-bond acceptors (Lipinski definition) is 5. The number of rotatable bonds is 10. The number of thioether (sulfide) groups is 1. The molecule has 0 aliphatic carbocycles. The molecule has 6 heteroatoms. The van der Waals surface area contributed by atoms with Crippen LogP contribution in [0.5, 0.6) is 0 Å². The maximum atomic E-state index is 11.8. The second-order valence-electron chi connectivity index (χ2n) is 5.98. The molecule has 0 saturated heterocycles.